The minimum Gasteiger partial charge on any atom is -0.465 e. The van der Waals surface area contributed by atoms with Crippen molar-refractivity contribution < 1.29 is 18.7 Å². The van der Waals surface area contributed by atoms with Crippen LogP contribution in [0.3, 0.4) is 0 Å². The molecule has 4 rings (SSSR count). The number of nitrogens with zero attached hydrogens (tertiary/aromatic N) is 1. The van der Waals surface area contributed by atoms with Gasteiger partial charge >= 0.3 is 5.97 Å². The van der Waals surface area contributed by atoms with Crippen LogP contribution in [0.25, 0.3) is 16.9 Å². The van der Waals surface area contributed by atoms with Crippen LogP contribution in [-0.2, 0) is 9.53 Å². The first-order valence-electron chi connectivity index (χ1n) is 8.59. The molecule has 0 unspecified atom stereocenters. The van der Waals surface area contributed by atoms with Crippen molar-refractivity contribution >= 4 is 62.1 Å². The van der Waals surface area contributed by atoms with E-state index in [0.717, 1.165) is 16.1 Å². The molecule has 146 valence electrons. The molecular weight excluding hydrogens is 426 g/mol. The maximum absolute atomic E-state index is 12.9. The first-order chi connectivity index (χ1) is 14.0. The lowest BCUT2D eigenvalue weighted by molar-refractivity contribution is -0.113. The number of hydrogen-bond donors (Lipinski definition) is 0. The minimum absolute atomic E-state index is 0.139. The lowest BCUT2D eigenvalue weighted by atomic mass is 10.1. The Hall–Kier alpha value is -2.68. The number of anilines is 1. The number of benzene rings is 1. The molecule has 5 nitrogen and oxygen atoms in total. The number of rotatable bonds is 4. The zero-order valence-electron chi connectivity index (χ0n) is 15.5. The van der Waals surface area contributed by atoms with Gasteiger partial charge in [0.05, 0.1) is 17.6 Å². The Labute approximate surface area is 181 Å². The number of carbonyl (C=O) groups is 2. The van der Waals surface area contributed by atoms with E-state index in [1.54, 1.807) is 29.2 Å². The molecule has 8 heteroatoms. The van der Waals surface area contributed by atoms with Crippen LogP contribution in [0.15, 0.2) is 63.2 Å². The van der Waals surface area contributed by atoms with Crippen LogP contribution in [0, 0.1) is 0 Å². The summed E-state index contributed by atoms with van der Waals surface area (Å²) in [7, 11) is 1.35. The first kappa shape index (κ1) is 19.6. The van der Waals surface area contributed by atoms with Crippen LogP contribution in [0.4, 0.5) is 5.00 Å². The van der Waals surface area contributed by atoms with Crippen molar-refractivity contribution in [1.82, 2.24) is 0 Å². The van der Waals surface area contributed by atoms with E-state index in [9.17, 15) is 9.59 Å². The molecule has 3 heterocycles. The standard InChI is InChI=1S/C21H15NO4S3/c1-12(18-19(23)22(21(27)29-18)17-4-3-11-28-17)15-9-10-16(26-15)13-5-7-14(8-6-13)20(24)25-2/h3-11H,1-2H3/b18-12+. The fourth-order valence-electron chi connectivity index (χ4n) is 2.88. The monoisotopic (exact) mass is 441 g/mol. The van der Waals surface area contributed by atoms with Crippen molar-refractivity contribution in [3.63, 3.8) is 0 Å². The summed E-state index contributed by atoms with van der Waals surface area (Å²) >= 11 is 8.16. The van der Waals surface area contributed by atoms with Crippen LogP contribution in [-0.4, -0.2) is 23.3 Å². The zero-order valence-corrected chi connectivity index (χ0v) is 18.0. The highest BCUT2D eigenvalue weighted by atomic mass is 32.2. The second-order valence-corrected chi connectivity index (χ2v) is 8.72. The maximum Gasteiger partial charge on any atom is 0.337 e. The molecule has 1 fully saturated rings. The van der Waals surface area contributed by atoms with Crippen molar-refractivity contribution in [1.29, 1.82) is 0 Å². The van der Waals surface area contributed by atoms with E-state index < -0.39 is 0 Å². The highest BCUT2D eigenvalue weighted by molar-refractivity contribution is 8.27. The molecule has 3 aromatic rings. The molecule has 29 heavy (non-hydrogen) atoms. The lowest BCUT2D eigenvalue weighted by Gasteiger charge is -2.11. The van der Waals surface area contributed by atoms with E-state index in [1.807, 2.05) is 36.6 Å². The van der Waals surface area contributed by atoms with E-state index in [-0.39, 0.29) is 11.9 Å². The summed E-state index contributed by atoms with van der Waals surface area (Å²) < 4.78 is 11.2. The van der Waals surface area contributed by atoms with Gasteiger partial charge in [-0.05, 0) is 48.7 Å². The lowest BCUT2D eigenvalue weighted by Crippen LogP contribution is -2.26. The number of methoxy groups -OCH3 is 1. The average Bonchev–Trinajstić information content (AvgIpc) is 3.48. The Morgan fingerprint density at radius 1 is 1.14 bits per heavy atom. The molecule has 0 radical (unpaired) electrons. The van der Waals surface area contributed by atoms with Crippen molar-refractivity contribution in [2.45, 2.75) is 6.92 Å². The number of thioether (sulfide) groups is 1. The number of thiocarbonyl (C=S) groups is 1. The van der Waals surface area contributed by atoms with Crippen LogP contribution < -0.4 is 4.90 Å². The quantitative estimate of drug-likeness (QED) is 0.299. The summed E-state index contributed by atoms with van der Waals surface area (Å²) in [4.78, 5) is 26.6. The SMILES string of the molecule is COC(=O)c1ccc(-c2ccc(/C(C)=C3/SC(=S)N(c4cccs4)C3=O)o2)cc1. The smallest absolute Gasteiger partial charge is 0.337 e. The third-order valence-electron chi connectivity index (χ3n) is 4.40. The molecule has 1 aliphatic heterocycles. The number of carbonyl (C=O) groups excluding carboxylic acids is 2. The molecule has 1 saturated heterocycles. The predicted molar refractivity (Wildman–Crippen MR) is 120 cm³/mol. The number of furan rings is 1. The molecule has 1 aliphatic rings. The van der Waals surface area contributed by atoms with Crippen molar-refractivity contribution in [2.75, 3.05) is 12.0 Å². The van der Waals surface area contributed by atoms with Crippen LogP contribution >= 0.6 is 35.3 Å². The van der Waals surface area contributed by atoms with Crippen LogP contribution in [0.5, 0.6) is 0 Å². The highest BCUT2D eigenvalue weighted by Gasteiger charge is 2.35. The van der Waals surface area contributed by atoms with E-state index in [2.05, 4.69) is 0 Å². The third kappa shape index (κ3) is 3.66. The summed E-state index contributed by atoms with van der Waals surface area (Å²) in [6, 6.07) is 14.4. The molecular formula is C21H15NO4S3. The second-order valence-electron chi connectivity index (χ2n) is 6.15. The van der Waals surface area contributed by atoms with E-state index in [0.29, 0.717) is 26.3 Å². The van der Waals surface area contributed by atoms with Gasteiger partial charge in [0.2, 0.25) is 0 Å². The number of ether oxygens (including phenoxy) is 1. The van der Waals surface area contributed by atoms with Gasteiger partial charge in [-0.25, -0.2) is 4.79 Å². The second kappa shape index (κ2) is 7.98. The minimum atomic E-state index is -0.389. The molecule has 0 saturated carbocycles. The molecule has 0 atom stereocenters. The fraction of sp³-hybridized carbons (Fsp3) is 0.0952. The van der Waals surface area contributed by atoms with Crippen LogP contribution in [0.2, 0.25) is 0 Å². The summed E-state index contributed by atoms with van der Waals surface area (Å²) in [6.07, 6.45) is 0. The Kier molecular flexibility index (Phi) is 5.40. The number of amides is 1. The first-order valence-corrected chi connectivity index (χ1v) is 10.7. The number of hydrogen-bond acceptors (Lipinski definition) is 7. The Morgan fingerprint density at radius 3 is 2.55 bits per heavy atom. The summed E-state index contributed by atoms with van der Waals surface area (Å²) in [6.45, 7) is 1.85. The Bertz CT molecular complexity index is 1130. The van der Waals surface area contributed by atoms with Gasteiger partial charge in [-0.3, -0.25) is 9.69 Å². The molecule has 0 aliphatic carbocycles. The van der Waals surface area contributed by atoms with Gasteiger partial charge in [0.25, 0.3) is 5.91 Å². The molecule has 0 spiro atoms. The molecule has 2 aromatic heterocycles. The average molecular weight is 442 g/mol. The van der Waals surface area contributed by atoms with Gasteiger partial charge in [-0.2, -0.15) is 0 Å². The molecule has 1 aromatic carbocycles. The van der Waals surface area contributed by atoms with Gasteiger partial charge in [-0.15, -0.1) is 11.3 Å². The summed E-state index contributed by atoms with van der Waals surface area (Å²) in [5.74, 6) is 0.717. The zero-order chi connectivity index (χ0) is 20.5. The maximum atomic E-state index is 12.9. The van der Waals surface area contributed by atoms with Gasteiger partial charge in [0, 0.05) is 11.1 Å². The van der Waals surface area contributed by atoms with Gasteiger partial charge in [0.1, 0.15) is 16.5 Å². The topological polar surface area (TPSA) is 59.8 Å². The van der Waals surface area contributed by atoms with Gasteiger partial charge in [-0.1, -0.05) is 36.1 Å². The van der Waals surface area contributed by atoms with Crippen molar-refractivity contribution in [3.05, 3.63) is 70.1 Å². The number of allylic oxidation sites excluding steroid dienone is 1. The summed E-state index contributed by atoms with van der Waals surface area (Å²) in [5.41, 5.74) is 2.03. The fourth-order valence-corrected chi connectivity index (χ4v) is 5.04. The Balaban J connectivity index is 1.61. The molecule has 0 bridgehead atoms. The molecule has 1 amide bonds. The van der Waals surface area contributed by atoms with Crippen molar-refractivity contribution in [2.24, 2.45) is 0 Å². The van der Waals surface area contributed by atoms with Gasteiger partial charge < -0.3 is 9.15 Å². The number of thiophene rings is 1. The molecule has 0 N–H and O–H groups in total. The highest BCUT2D eigenvalue weighted by Crippen LogP contribution is 2.41. The third-order valence-corrected chi connectivity index (χ3v) is 6.73. The largest absolute Gasteiger partial charge is 0.465 e. The summed E-state index contributed by atoms with van der Waals surface area (Å²) in [5, 5.41) is 2.72. The predicted octanol–water partition coefficient (Wildman–Crippen LogP) is 5.59. The number of esters is 1. The van der Waals surface area contributed by atoms with E-state index >= 15 is 0 Å². The van der Waals surface area contributed by atoms with Crippen LogP contribution in [0.1, 0.15) is 23.0 Å². The normalized spacial score (nSPS) is 15.7. The van der Waals surface area contributed by atoms with E-state index in [1.165, 1.54) is 30.2 Å². The van der Waals surface area contributed by atoms with E-state index in [4.69, 9.17) is 21.4 Å². The van der Waals surface area contributed by atoms with Gasteiger partial charge in [0.15, 0.2) is 4.32 Å². The Morgan fingerprint density at radius 2 is 1.90 bits per heavy atom. The van der Waals surface area contributed by atoms with Crippen molar-refractivity contribution in [3.8, 4) is 11.3 Å².